The van der Waals surface area contributed by atoms with Crippen LogP contribution in [0.25, 0.3) is 0 Å². The van der Waals surface area contributed by atoms with Crippen molar-refractivity contribution >= 4 is 20.5 Å². The Kier molecular flexibility index (Phi) is 4.60. The summed E-state index contributed by atoms with van der Waals surface area (Å²) in [6, 6.07) is 9.17. The van der Waals surface area contributed by atoms with Crippen LogP contribution in [-0.2, 0) is 28.2 Å². The van der Waals surface area contributed by atoms with Crippen molar-refractivity contribution in [2.24, 2.45) is 0 Å². The SMILES string of the molecule is CCO[Si](C)(OCC)C1(c2ccccc2)CC(=O)OC1=O. The second kappa shape index (κ2) is 6.09. The van der Waals surface area contributed by atoms with Crippen LogP contribution in [0.2, 0.25) is 6.55 Å². The molecule has 1 aliphatic rings. The summed E-state index contributed by atoms with van der Waals surface area (Å²) in [6.07, 6.45) is -0.0292. The van der Waals surface area contributed by atoms with Gasteiger partial charge < -0.3 is 13.6 Å². The average Bonchev–Trinajstić information content (AvgIpc) is 2.76. The molecule has 1 aliphatic heterocycles. The van der Waals surface area contributed by atoms with Gasteiger partial charge in [0.15, 0.2) is 0 Å². The maximum Gasteiger partial charge on any atom is 0.358 e. The van der Waals surface area contributed by atoms with Gasteiger partial charge in [0.1, 0.15) is 5.04 Å². The van der Waals surface area contributed by atoms with Crippen LogP contribution in [-0.4, -0.2) is 33.7 Å². The zero-order chi connectivity index (χ0) is 15.5. The molecule has 1 unspecified atom stereocenters. The highest BCUT2D eigenvalue weighted by molar-refractivity contribution is 6.74. The van der Waals surface area contributed by atoms with E-state index >= 15 is 0 Å². The molecular weight excluding hydrogens is 288 g/mol. The summed E-state index contributed by atoms with van der Waals surface area (Å²) in [5, 5.41) is -1.14. The molecule has 0 aliphatic carbocycles. The lowest BCUT2D eigenvalue weighted by atomic mass is 9.96. The number of hydrogen-bond acceptors (Lipinski definition) is 5. The Morgan fingerprint density at radius 1 is 1.14 bits per heavy atom. The van der Waals surface area contributed by atoms with Crippen molar-refractivity contribution in [2.75, 3.05) is 13.2 Å². The molecule has 1 aromatic rings. The molecule has 1 fully saturated rings. The molecule has 21 heavy (non-hydrogen) atoms. The van der Waals surface area contributed by atoms with Crippen molar-refractivity contribution in [1.82, 2.24) is 0 Å². The lowest BCUT2D eigenvalue weighted by Gasteiger charge is -2.39. The summed E-state index contributed by atoms with van der Waals surface area (Å²) < 4.78 is 16.7. The first-order chi connectivity index (χ1) is 10.00. The van der Waals surface area contributed by atoms with Gasteiger partial charge in [-0.05, 0) is 26.0 Å². The van der Waals surface area contributed by atoms with Crippen molar-refractivity contribution in [3.63, 3.8) is 0 Å². The molecule has 0 spiro atoms. The fourth-order valence-corrected chi connectivity index (χ4v) is 6.16. The van der Waals surface area contributed by atoms with Gasteiger partial charge in [-0.15, -0.1) is 0 Å². The van der Waals surface area contributed by atoms with E-state index in [9.17, 15) is 9.59 Å². The number of hydrogen-bond donors (Lipinski definition) is 0. The Morgan fingerprint density at radius 2 is 1.71 bits per heavy atom. The molecule has 0 N–H and O–H groups in total. The van der Waals surface area contributed by atoms with E-state index in [1.807, 2.05) is 50.7 Å². The van der Waals surface area contributed by atoms with Gasteiger partial charge in [-0.25, -0.2) is 0 Å². The van der Waals surface area contributed by atoms with Gasteiger partial charge in [0.25, 0.3) is 0 Å². The van der Waals surface area contributed by atoms with Crippen molar-refractivity contribution in [2.45, 2.75) is 31.9 Å². The van der Waals surface area contributed by atoms with Crippen LogP contribution in [0.1, 0.15) is 25.8 Å². The highest BCUT2D eigenvalue weighted by Crippen LogP contribution is 2.44. The predicted molar refractivity (Wildman–Crippen MR) is 78.7 cm³/mol. The summed E-state index contributed by atoms with van der Waals surface area (Å²) in [5.41, 5.74) is 0.719. The molecule has 6 heteroatoms. The van der Waals surface area contributed by atoms with E-state index in [2.05, 4.69) is 0 Å². The minimum Gasteiger partial charge on any atom is -0.394 e. The summed E-state index contributed by atoms with van der Waals surface area (Å²) in [7, 11) is -3.01. The summed E-state index contributed by atoms with van der Waals surface area (Å²) in [5.74, 6) is -1.09. The summed E-state index contributed by atoms with van der Waals surface area (Å²) in [4.78, 5) is 24.3. The quantitative estimate of drug-likeness (QED) is 0.457. The van der Waals surface area contributed by atoms with Gasteiger partial charge in [-0.2, -0.15) is 0 Å². The summed E-state index contributed by atoms with van der Waals surface area (Å²) >= 11 is 0. The van der Waals surface area contributed by atoms with Gasteiger partial charge in [-0.3, -0.25) is 9.59 Å². The highest BCUT2D eigenvalue weighted by atomic mass is 28.4. The molecule has 0 bridgehead atoms. The third-order valence-corrected chi connectivity index (χ3v) is 7.74. The van der Waals surface area contributed by atoms with Crippen LogP contribution < -0.4 is 0 Å². The maximum atomic E-state index is 12.5. The normalized spacial score (nSPS) is 22.4. The second-order valence-corrected chi connectivity index (χ2v) is 8.34. The van der Waals surface area contributed by atoms with Crippen molar-refractivity contribution in [3.05, 3.63) is 35.9 Å². The second-order valence-electron chi connectivity index (χ2n) is 5.02. The number of carbonyl (C=O) groups is 2. The standard InChI is InChI=1S/C15H20O5Si/c1-4-18-21(3,19-5-2)15(11-13(16)20-14(15)17)12-9-7-6-8-10-12/h6-10H,4-5,11H2,1-3H3. The lowest BCUT2D eigenvalue weighted by molar-refractivity contribution is -0.153. The number of ether oxygens (including phenoxy) is 1. The van der Waals surface area contributed by atoms with Crippen LogP contribution in [0, 0.1) is 0 Å². The number of benzene rings is 1. The molecule has 2 rings (SSSR count). The highest BCUT2D eigenvalue weighted by Gasteiger charge is 2.66. The van der Waals surface area contributed by atoms with E-state index in [4.69, 9.17) is 13.6 Å². The predicted octanol–water partition coefficient (Wildman–Crippen LogP) is 2.08. The average molecular weight is 308 g/mol. The summed E-state index contributed by atoms with van der Waals surface area (Å²) in [6.45, 7) is 6.36. The van der Waals surface area contributed by atoms with Crippen LogP contribution in [0.4, 0.5) is 0 Å². The fourth-order valence-electron chi connectivity index (χ4n) is 2.90. The first-order valence-electron chi connectivity index (χ1n) is 7.08. The monoisotopic (exact) mass is 308 g/mol. The minimum atomic E-state index is -3.01. The van der Waals surface area contributed by atoms with Gasteiger partial charge in [-0.1, -0.05) is 30.3 Å². The number of carbonyl (C=O) groups excluding carboxylic acids is 2. The van der Waals surface area contributed by atoms with Crippen LogP contribution in [0.3, 0.4) is 0 Å². The Bertz CT molecular complexity index is 524. The van der Waals surface area contributed by atoms with Gasteiger partial charge >= 0.3 is 20.5 Å². The first-order valence-corrected chi connectivity index (χ1v) is 9.40. The molecule has 1 atom stereocenters. The zero-order valence-corrected chi connectivity index (χ0v) is 13.5. The zero-order valence-electron chi connectivity index (χ0n) is 12.5. The molecule has 0 aromatic heterocycles. The molecule has 0 amide bonds. The van der Waals surface area contributed by atoms with Gasteiger partial charge in [0, 0.05) is 13.2 Å². The van der Waals surface area contributed by atoms with Crippen molar-refractivity contribution in [1.29, 1.82) is 0 Å². The van der Waals surface area contributed by atoms with Crippen LogP contribution in [0.15, 0.2) is 30.3 Å². The fraction of sp³-hybridized carbons (Fsp3) is 0.467. The molecule has 5 nitrogen and oxygen atoms in total. The van der Waals surface area contributed by atoms with E-state index in [0.717, 1.165) is 5.56 Å². The molecule has 114 valence electrons. The van der Waals surface area contributed by atoms with Gasteiger partial charge in [0.05, 0.1) is 6.42 Å². The number of rotatable bonds is 6. The maximum absolute atomic E-state index is 12.5. The van der Waals surface area contributed by atoms with E-state index in [-0.39, 0.29) is 6.42 Å². The molecule has 1 saturated heterocycles. The third kappa shape index (κ3) is 2.54. The Labute approximate surface area is 125 Å². The lowest BCUT2D eigenvalue weighted by Crippen LogP contribution is -2.61. The van der Waals surface area contributed by atoms with Crippen molar-refractivity contribution in [3.8, 4) is 0 Å². The van der Waals surface area contributed by atoms with E-state index < -0.39 is 25.5 Å². The minimum absolute atomic E-state index is 0.0292. The van der Waals surface area contributed by atoms with E-state index in [1.54, 1.807) is 0 Å². The number of cyclic esters (lactones) is 2. The molecular formula is C15H20O5Si. The Hall–Kier alpha value is -1.50. The smallest absolute Gasteiger partial charge is 0.358 e. The van der Waals surface area contributed by atoms with Gasteiger partial charge in [0.2, 0.25) is 0 Å². The first kappa shape index (κ1) is 15.9. The molecule has 1 heterocycles. The molecule has 0 radical (unpaired) electrons. The number of esters is 2. The third-order valence-electron chi connectivity index (χ3n) is 3.85. The Morgan fingerprint density at radius 3 is 2.14 bits per heavy atom. The molecule has 1 aromatic carbocycles. The van der Waals surface area contributed by atoms with E-state index in [0.29, 0.717) is 13.2 Å². The van der Waals surface area contributed by atoms with Crippen molar-refractivity contribution < 1.29 is 23.2 Å². The van der Waals surface area contributed by atoms with Crippen LogP contribution in [0.5, 0.6) is 0 Å². The van der Waals surface area contributed by atoms with Crippen LogP contribution >= 0.6 is 0 Å². The topological polar surface area (TPSA) is 61.8 Å². The Balaban J connectivity index is 2.61. The van der Waals surface area contributed by atoms with E-state index in [1.165, 1.54) is 0 Å². The molecule has 0 saturated carbocycles. The largest absolute Gasteiger partial charge is 0.394 e.